The average Bonchev–Trinajstić information content (AvgIpc) is 2.43. The molecule has 2 aliphatic heterocycles. The van der Waals surface area contributed by atoms with Crippen LogP contribution in [0.2, 0.25) is 0 Å². The Morgan fingerprint density at radius 3 is 2.89 bits per heavy atom. The smallest absolute Gasteiger partial charge is 0.239 e. The third kappa shape index (κ3) is 3.48. The molecule has 110 valence electrons. The highest BCUT2D eigenvalue weighted by Gasteiger charge is 2.36. The Morgan fingerprint density at radius 2 is 2.16 bits per heavy atom. The molecule has 0 bridgehead atoms. The standard InChI is InChI=1S/C15H29N3O/c1-3-4-8-14(16)15(19)18-11-13-7-5-6-9-17(13)10-12(18)2/h12-14H,3-11,16H2,1-2H3/t12?,13?,14-/m0/s1. The van der Waals surface area contributed by atoms with Gasteiger partial charge in [-0.05, 0) is 32.7 Å². The Morgan fingerprint density at radius 1 is 1.37 bits per heavy atom. The van der Waals surface area contributed by atoms with Gasteiger partial charge in [0.2, 0.25) is 5.91 Å². The van der Waals surface area contributed by atoms with Gasteiger partial charge in [0, 0.05) is 25.2 Å². The SMILES string of the molecule is CCCC[C@H](N)C(=O)N1CC2CCCCN2CC1C. The molecule has 0 aromatic heterocycles. The maximum atomic E-state index is 12.5. The lowest BCUT2D eigenvalue weighted by molar-refractivity contribution is -0.139. The quantitative estimate of drug-likeness (QED) is 0.841. The summed E-state index contributed by atoms with van der Waals surface area (Å²) in [5, 5.41) is 0. The second kappa shape index (κ2) is 6.71. The Bertz CT molecular complexity index is 308. The van der Waals surface area contributed by atoms with Gasteiger partial charge in [0.05, 0.1) is 6.04 Å². The van der Waals surface area contributed by atoms with Crippen LogP contribution < -0.4 is 5.73 Å². The molecular weight excluding hydrogens is 238 g/mol. The Hall–Kier alpha value is -0.610. The minimum Gasteiger partial charge on any atom is -0.336 e. The highest BCUT2D eigenvalue weighted by molar-refractivity contribution is 5.82. The van der Waals surface area contributed by atoms with Gasteiger partial charge in [0.1, 0.15) is 0 Å². The van der Waals surface area contributed by atoms with Crippen LogP contribution in [0, 0.1) is 0 Å². The minimum atomic E-state index is -0.294. The highest BCUT2D eigenvalue weighted by Crippen LogP contribution is 2.24. The molecule has 2 rings (SSSR count). The van der Waals surface area contributed by atoms with E-state index in [1.165, 1.54) is 25.8 Å². The molecule has 2 unspecified atom stereocenters. The molecule has 3 atom stereocenters. The van der Waals surface area contributed by atoms with Crippen molar-refractivity contribution < 1.29 is 4.79 Å². The van der Waals surface area contributed by atoms with Crippen LogP contribution in [0.15, 0.2) is 0 Å². The number of amides is 1. The molecule has 2 N–H and O–H groups in total. The summed E-state index contributed by atoms with van der Waals surface area (Å²) in [7, 11) is 0. The molecule has 2 heterocycles. The van der Waals surface area contributed by atoms with E-state index in [-0.39, 0.29) is 11.9 Å². The first kappa shape index (κ1) is 14.8. The van der Waals surface area contributed by atoms with Crippen LogP contribution >= 0.6 is 0 Å². The molecule has 0 aromatic carbocycles. The molecule has 0 radical (unpaired) electrons. The van der Waals surface area contributed by atoms with E-state index in [9.17, 15) is 4.79 Å². The third-order valence-electron chi connectivity index (χ3n) is 4.66. The monoisotopic (exact) mass is 267 g/mol. The van der Waals surface area contributed by atoms with Crippen LogP contribution in [0.25, 0.3) is 0 Å². The van der Waals surface area contributed by atoms with Crippen LogP contribution in [0.5, 0.6) is 0 Å². The van der Waals surface area contributed by atoms with Crippen molar-refractivity contribution in [1.82, 2.24) is 9.80 Å². The lowest BCUT2D eigenvalue weighted by Gasteiger charge is -2.48. The van der Waals surface area contributed by atoms with Crippen molar-refractivity contribution in [2.24, 2.45) is 5.73 Å². The minimum absolute atomic E-state index is 0.172. The summed E-state index contributed by atoms with van der Waals surface area (Å²) < 4.78 is 0. The second-order valence-corrected chi connectivity index (χ2v) is 6.23. The van der Waals surface area contributed by atoms with Crippen LogP contribution in [0.3, 0.4) is 0 Å². The molecule has 0 saturated carbocycles. The molecule has 0 aromatic rings. The fourth-order valence-corrected chi connectivity index (χ4v) is 3.42. The topological polar surface area (TPSA) is 49.6 Å². The summed E-state index contributed by atoms with van der Waals surface area (Å²) in [5.41, 5.74) is 6.06. The molecule has 4 nitrogen and oxygen atoms in total. The number of carbonyl (C=O) groups excluding carboxylic acids is 1. The molecule has 0 spiro atoms. The zero-order chi connectivity index (χ0) is 13.8. The van der Waals surface area contributed by atoms with Crippen LogP contribution in [-0.4, -0.2) is 53.5 Å². The lowest BCUT2D eigenvalue weighted by atomic mass is 9.96. The van der Waals surface area contributed by atoms with Crippen LogP contribution in [-0.2, 0) is 4.79 Å². The van der Waals surface area contributed by atoms with Crippen molar-refractivity contribution in [1.29, 1.82) is 0 Å². The van der Waals surface area contributed by atoms with Gasteiger partial charge < -0.3 is 10.6 Å². The van der Waals surface area contributed by atoms with Crippen molar-refractivity contribution in [2.45, 2.75) is 70.5 Å². The van der Waals surface area contributed by atoms with E-state index in [1.807, 2.05) is 4.90 Å². The molecule has 1 amide bonds. The number of carbonyl (C=O) groups is 1. The lowest BCUT2D eigenvalue weighted by Crippen LogP contribution is -2.62. The van der Waals surface area contributed by atoms with Crippen molar-refractivity contribution in [3.8, 4) is 0 Å². The van der Waals surface area contributed by atoms with E-state index >= 15 is 0 Å². The molecule has 2 saturated heterocycles. The van der Waals surface area contributed by atoms with E-state index in [2.05, 4.69) is 18.7 Å². The predicted octanol–water partition coefficient (Wildman–Crippen LogP) is 1.59. The van der Waals surface area contributed by atoms with E-state index in [1.54, 1.807) is 0 Å². The maximum absolute atomic E-state index is 12.5. The van der Waals surface area contributed by atoms with Crippen LogP contribution in [0.4, 0.5) is 0 Å². The van der Waals surface area contributed by atoms with Crippen LogP contribution in [0.1, 0.15) is 52.4 Å². The summed E-state index contributed by atoms with van der Waals surface area (Å²) in [5.74, 6) is 0.172. The number of rotatable bonds is 4. The third-order valence-corrected chi connectivity index (χ3v) is 4.66. The first-order chi connectivity index (χ1) is 9.13. The Kier molecular flexibility index (Phi) is 5.22. The van der Waals surface area contributed by atoms with E-state index in [0.29, 0.717) is 12.1 Å². The fourth-order valence-electron chi connectivity index (χ4n) is 3.42. The number of hydrogen-bond acceptors (Lipinski definition) is 3. The largest absolute Gasteiger partial charge is 0.336 e. The van der Waals surface area contributed by atoms with Crippen molar-refractivity contribution in [2.75, 3.05) is 19.6 Å². The van der Waals surface area contributed by atoms with Gasteiger partial charge >= 0.3 is 0 Å². The van der Waals surface area contributed by atoms with Gasteiger partial charge in [0.25, 0.3) is 0 Å². The van der Waals surface area contributed by atoms with E-state index < -0.39 is 0 Å². The molecular formula is C15H29N3O. The first-order valence-corrected chi connectivity index (χ1v) is 7.93. The van der Waals surface area contributed by atoms with Gasteiger partial charge in [-0.3, -0.25) is 9.69 Å². The molecule has 4 heteroatoms. The number of nitrogens with two attached hydrogens (primary N) is 1. The van der Waals surface area contributed by atoms with E-state index in [4.69, 9.17) is 5.73 Å². The zero-order valence-electron chi connectivity index (χ0n) is 12.5. The average molecular weight is 267 g/mol. The summed E-state index contributed by atoms with van der Waals surface area (Å²) in [6, 6.07) is 0.597. The van der Waals surface area contributed by atoms with Gasteiger partial charge in [-0.15, -0.1) is 0 Å². The number of unbranched alkanes of at least 4 members (excludes halogenated alkanes) is 1. The van der Waals surface area contributed by atoms with Crippen molar-refractivity contribution in [3.63, 3.8) is 0 Å². The molecule has 0 aliphatic carbocycles. The van der Waals surface area contributed by atoms with E-state index in [0.717, 1.165) is 32.4 Å². The normalized spacial score (nSPS) is 29.9. The van der Waals surface area contributed by atoms with Gasteiger partial charge in [-0.2, -0.15) is 0 Å². The van der Waals surface area contributed by atoms with Crippen molar-refractivity contribution >= 4 is 5.91 Å². The predicted molar refractivity (Wildman–Crippen MR) is 77.9 cm³/mol. The molecule has 2 aliphatic rings. The highest BCUT2D eigenvalue weighted by atomic mass is 16.2. The second-order valence-electron chi connectivity index (χ2n) is 6.23. The van der Waals surface area contributed by atoms with Gasteiger partial charge in [-0.25, -0.2) is 0 Å². The number of nitrogens with zero attached hydrogens (tertiary/aromatic N) is 2. The number of piperidine rings is 1. The zero-order valence-corrected chi connectivity index (χ0v) is 12.5. The summed E-state index contributed by atoms with van der Waals surface area (Å²) in [6.07, 6.45) is 6.83. The van der Waals surface area contributed by atoms with Crippen molar-refractivity contribution in [3.05, 3.63) is 0 Å². The Labute approximate surface area is 117 Å². The summed E-state index contributed by atoms with van der Waals surface area (Å²) in [4.78, 5) is 17.1. The maximum Gasteiger partial charge on any atom is 0.239 e. The first-order valence-electron chi connectivity index (χ1n) is 7.93. The summed E-state index contributed by atoms with van der Waals surface area (Å²) in [6.45, 7) is 7.42. The fraction of sp³-hybridized carbons (Fsp3) is 0.933. The number of piperazine rings is 1. The summed E-state index contributed by atoms with van der Waals surface area (Å²) >= 11 is 0. The van der Waals surface area contributed by atoms with Gasteiger partial charge in [-0.1, -0.05) is 26.2 Å². The molecule has 19 heavy (non-hydrogen) atoms. The number of fused-ring (bicyclic) bond motifs is 1. The molecule has 2 fully saturated rings. The number of hydrogen-bond donors (Lipinski definition) is 1. The van der Waals surface area contributed by atoms with Gasteiger partial charge in [0.15, 0.2) is 0 Å². The Balaban J connectivity index is 1.93.